The molecule has 0 spiro atoms. The van der Waals surface area contributed by atoms with E-state index in [0.29, 0.717) is 22.3 Å². The van der Waals surface area contributed by atoms with Crippen molar-refractivity contribution in [3.63, 3.8) is 0 Å². The highest BCUT2D eigenvalue weighted by atomic mass is 35.5. The number of methoxy groups -OCH3 is 1. The zero-order valence-corrected chi connectivity index (χ0v) is 10.8. The Morgan fingerprint density at radius 1 is 1.56 bits per heavy atom. The molecule has 0 bridgehead atoms. The van der Waals surface area contributed by atoms with Gasteiger partial charge in [0.05, 0.1) is 13.5 Å². The van der Waals surface area contributed by atoms with Gasteiger partial charge in [-0.3, -0.25) is 4.79 Å². The van der Waals surface area contributed by atoms with E-state index in [4.69, 9.17) is 21.4 Å². The maximum absolute atomic E-state index is 10.9. The predicted octanol–water partition coefficient (Wildman–Crippen LogP) is 3.02. The SMILES string of the molecule is COc1cc(Cl)c(C(CC(=O)O)C2CC2)cc1O. The molecule has 1 aliphatic carbocycles. The van der Waals surface area contributed by atoms with Crippen LogP contribution in [0, 0.1) is 5.92 Å². The van der Waals surface area contributed by atoms with E-state index in [9.17, 15) is 9.90 Å². The predicted molar refractivity (Wildman–Crippen MR) is 67.4 cm³/mol. The minimum Gasteiger partial charge on any atom is -0.504 e. The van der Waals surface area contributed by atoms with Gasteiger partial charge >= 0.3 is 5.97 Å². The molecule has 5 heteroatoms. The molecule has 4 nitrogen and oxygen atoms in total. The number of hydrogen-bond acceptors (Lipinski definition) is 3. The Morgan fingerprint density at radius 3 is 2.72 bits per heavy atom. The van der Waals surface area contributed by atoms with E-state index in [1.807, 2.05) is 0 Å². The number of halogens is 1. The Hall–Kier alpha value is -1.42. The topological polar surface area (TPSA) is 66.8 Å². The smallest absolute Gasteiger partial charge is 0.303 e. The van der Waals surface area contributed by atoms with Gasteiger partial charge in [-0.2, -0.15) is 0 Å². The van der Waals surface area contributed by atoms with Crippen molar-refractivity contribution < 1.29 is 19.7 Å². The third kappa shape index (κ3) is 2.70. The lowest BCUT2D eigenvalue weighted by atomic mass is 9.90. The molecule has 1 aromatic carbocycles. The van der Waals surface area contributed by atoms with Crippen molar-refractivity contribution in [3.8, 4) is 11.5 Å². The molecule has 1 atom stereocenters. The minimum absolute atomic E-state index is 0.00654. The molecular weight excluding hydrogens is 256 g/mol. The standard InChI is InChI=1S/C13H15ClO4/c1-18-12-6-10(14)9(4-11(12)15)8(5-13(16)17)7-2-3-7/h4,6-8,15H,2-3,5H2,1H3,(H,16,17). The Bertz CT molecular complexity index is 468. The normalized spacial score (nSPS) is 16.3. The quantitative estimate of drug-likeness (QED) is 0.863. The van der Waals surface area contributed by atoms with Crippen LogP contribution in [-0.4, -0.2) is 23.3 Å². The van der Waals surface area contributed by atoms with Crippen LogP contribution in [0.1, 0.15) is 30.7 Å². The number of phenolic OH excluding ortho intramolecular Hbond substituents is 1. The summed E-state index contributed by atoms with van der Waals surface area (Å²) >= 11 is 6.15. The first-order valence-electron chi connectivity index (χ1n) is 5.81. The summed E-state index contributed by atoms with van der Waals surface area (Å²) < 4.78 is 4.97. The van der Waals surface area contributed by atoms with E-state index in [2.05, 4.69) is 0 Å². The average Bonchev–Trinajstić information content (AvgIpc) is 3.12. The molecule has 1 aliphatic rings. The summed E-state index contributed by atoms with van der Waals surface area (Å²) in [4.78, 5) is 10.9. The zero-order valence-electron chi connectivity index (χ0n) is 10.0. The van der Waals surface area contributed by atoms with Gasteiger partial charge in [-0.15, -0.1) is 0 Å². The van der Waals surface area contributed by atoms with Gasteiger partial charge < -0.3 is 14.9 Å². The summed E-state index contributed by atoms with van der Waals surface area (Å²) in [5.41, 5.74) is 0.694. The number of aromatic hydroxyl groups is 1. The van der Waals surface area contributed by atoms with Crippen molar-refractivity contribution in [2.45, 2.75) is 25.2 Å². The molecule has 0 heterocycles. The van der Waals surface area contributed by atoms with Crippen molar-refractivity contribution in [2.24, 2.45) is 5.92 Å². The first kappa shape index (κ1) is 13.0. The van der Waals surface area contributed by atoms with Crippen LogP contribution in [0.3, 0.4) is 0 Å². The molecule has 18 heavy (non-hydrogen) atoms. The van der Waals surface area contributed by atoms with Crippen molar-refractivity contribution >= 4 is 17.6 Å². The molecule has 2 N–H and O–H groups in total. The van der Waals surface area contributed by atoms with Crippen LogP contribution >= 0.6 is 11.6 Å². The number of carboxylic acid groups (broad SMARTS) is 1. The van der Waals surface area contributed by atoms with Crippen molar-refractivity contribution in [1.29, 1.82) is 0 Å². The Balaban J connectivity index is 2.35. The lowest BCUT2D eigenvalue weighted by Crippen LogP contribution is -2.09. The second kappa shape index (κ2) is 5.06. The van der Waals surface area contributed by atoms with Gasteiger partial charge in [-0.25, -0.2) is 0 Å². The molecule has 1 unspecified atom stereocenters. The van der Waals surface area contributed by atoms with E-state index in [0.717, 1.165) is 12.8 Å². The molecule has 0 aromatic heterocycles. The first-order chi connectivity index (χ1) is 8.52. The number of aliphatic carboxylic acids is 1. The first-order valence-corrected chi connectivity index (χ1v) is 6.19. The van der Waals surface area contributed by atoms with Gasteiger partial charge in [0, 0.05) is 11.1 Å². The largest absolute Gasteiger partial charge is 0.504 e. The highest BCUT2D eigenvalue weighted by Gasteiger charge is 2.35. The van der Waals surface area contributed by atoms with Gasteiger partial charge in [0.1, 0.15) is 0 Å². The Kier molecular flexibility index (Phi) is 3.66. The van der Waals surface area contributed by atoms with Crippen molar-refractivity contribution in [1.82, 2.24) is 0 Å². The maximum Gasteiger partial charge on any atom is 0.303 e. The van der Waals surface area contributed by atoms with Crippen LogP contribution in [0.4, 0.5) is 0 Å². The summed E-state index contributed by atoms with van der Waals surface area (Å²) in [6, 6.07) is 3.05. The minimum atomic E-state index is -0.849. The fraction of sp³-hybridized carbons (Fsp3) is 0.462. The molecule has 98 valence electrons. The van der Waals surface area contributed by atoms with Gasteiger partial charge in [0.25, 0.3) is 0 Å². The summed E-state index contributed by atoms with van der Waals surface area (Å²) in [5.74, 6) is -0.335. The van der Waals surface area contributed by atoms with Crippen LogP contribution in [0.2, 0.25) is 5.02 Å². The number of hydrogen-bond donors (Lipinski definition) is 2. The third-order valence-electron chi connectivity index (χ3n) is 3.28. The molecule has 1 fully saturated rings. The number of carboxylic acids is 1. The summed E-state index contributed by atoms with van der Waals surface area (Å²) in [6.07, 6.45) is 2.07. The number of ether oxygens (including phenoxy) is 1. The number of phenols is 1. The highest BCUT2D eigenvalue weighted by Crippen LogP contribution is 2.48. The molecule has 0 saturated heterocycles. The molecule has 2 rings (SSSR count). The molecule has 0 aliphatic heterocycles. The monoisotopic (exact) mass is 270 g/mol. The van der Waals surface area contributed by atoms with Gasteiger partial charge in [0.2, 0.25) is 0 Å². The van der Waals surface area contributed by atoms with Gasteiger partial charge in [-0.1, -0.05) is 11.6 Å². The van der Waals surface area contributed by atoms with Crippen LogP contribution in [0.25, 0.3) is 0 Å². The zero-order chi connectivity index (χ0) is 13.3. The van der Waals surface area contributed by atoms with E-state index in [-0.39, 0.29) is 18.1 Å². The maximum atomic E-state index is 10.9. The fourth-order valence-electron chi connectivity index (χ4n) is 2.22. The summed E-state index contributed by atoms with van der Waals surface area (Å²) in [7, 11) is 1.45. The van der Waals surface area contributed by atoms with E-state index in [1.54, 1.807) is 0 Å². The van der Waals surface area contributed by atoms with Crippen molar-refractivity contribution in [3.05, 3.63) is 22.7 Å². The molecule has 0 amide bonds. The van der Waals surface area contributed by atoms with Crippen LogP contribution in [-0.2, 0) is 4.79 Å². The second-order valence-corrected chi connectivity index (χ2v) is 4.99. The molecular formula is C13H15ClO4. The van der Waals surface area contributed by atoms with Gasteiger partial charge in [0.15, 0.2) is 11.5 Å². The van der Waals surface area contributed by atoms with Crippen LogP contribution < -0.4 is 4.74 Å². The molecule has 1 aromatic rings. The third-order valence-corrected chi connectivity index (χ3v) is 3.61. The molecule has 0 radical (unpaired) electrons. The fourth-order valence-corrected chi connectivity index (χ4v) is 2.52. The Morgan fingerprint density at radius 2 is 2.22 bits per heavy atom. The lowest BCUT2D eigenvalue weighted by molar-refractivity contribution is -0.137. The Labute approximate surface area is 110 Å². The second-order valence-electron chi connectivity index (χ2n) is 4.59. The van der Waals surface area contributed by atoms with Crippen molar-refractivity contribution in [2.75, 3.05) is 7.11 Å². The van der Waals surface area contributed by atoms with E-state index >= 15 is 0 Å². The summed E-state index contributed by atoms with van der Waals surface area (Å²) in [5, 5.41) is 19.2. The highest BCUT2D eigenvalue weighted by molar-refractivity contribution is 6.31. The summed E-state index contributed by atoms with van der Waals surface area (Å²) in [6.45, 7) is 0. The number of rotatable bonds is 5. The van der Waals surface area contributed by atoms with E-state index in [1.165, 1.54) is 19.2 Å². The lowest BCUT2D eigenvalue weighted by Gasteiger charge is -2.17. The molecule has 1 saturated carbocycles. The number of benzene rings is 1. The van der Waals surface area contributed by atoms with Gasteiger partial charge in [-0.05, 0) is 36.3 Å². The van der Waals surface area contributed by atoms with Crippen LogP contribution in [0.5, 0.6) is 11.5 Å². The number of carbonyl (C=O) groups is 1. The average molecular weight is 271 g/mol. The van der Waals surface area contributed by atoms with E-state index < -0.39 is 5.97 Å². The van der Waals surface area contributed by atoms with Crippen LogP contribution in [0.15, 0.2) is 12.1 Å².